The number of nitrogens with zero attached hydrogens (tertiary/aromatic N) is 2. The second-order valence-electron chi connectivity index (χ2n) is 10.1. The van der Waals surface area contributed by atoms with E-state index < -0.39 is 11.8 Å². The number of pyridine rings is 1. The molecule has 0 aliphatic carbocycles. The molecule has 0 radical (unpaired) electrons. The highest BCUT2D eigenvalue weighted by Crippen LogP contribution is 2.38. The van der Waals surface area contributed by atoms with Crippen LogP contribution in [0.1, 0.15) is 24.9 Å². The summed E-state index contributed by atoms with van der Waals surface area (Å²) in [6, 6.07) is 14.2. The largest absolute Gasteiger partial charge is 0.493 e. The van der Waals surface area contributed by atoms with Gasteiger partial charge in [-0.3, -0.25) is 9.88 Å². The molecule has 5 rings (SSSR count). The van der Waals surface area contributed by atoms with Crippen LogP contribution in [0.25, 0.3) is 10.9 Å². The van der Waals surface area contributed by atoms with E-state index in [2.05, 4.69) is 20.5 Å². The average Bonchev–Trinajstić information content (AvgIpc) is 3.01. The van der Waals surface area contributed by atoms with Crippen LogP contribution in [0.4, 0.5) is 19.3 Å². The lowest BCUT2D eigenvalue weighted by Gasteiger charge is -2.26. The van der Waals surface area contributed by atoms with Crippen molar-refractivity contribution in [1.82, 2.24) is 15.2 Å². The summed E-state index contributed by atoms with van der Waals surface area (Å²) in [5, 5.41) is 5.97. The number of anilines is 1. The molecule has 1 aliphatic rings. The highest BCUT2D eigenvalue weighted by atomic mass is 19.1. The van der Waals surface area contributed by atoms with Crippen molar-refractivity contribution in [2.24, 2.45) is 0 Å². The number of ether oxygens (including phenoxy) is 4. The van der Waals surface area contributed by atoms with Gasteiger partial charge in [0.05, 0.1) is 38.5 Å². The molecule has 3 aromatic carbocycles. The molecule has 43 heavy (non-hydrogen) atoms. The second kappa shape index (κ2) is 14.1. The summed E-state index contributed by atoms with van der Waals surface area (Å²) in [5.74, 6) is 0.407. The molecule has 1 aliphatic heterocycles. The molecule has 0 saturated carbocycles. The van der Waals surface area contributed by atoms with Crippen molar-refractivity contribution in [2.75, 3.05) is 51.9 Å². The molecule has 1 unspecified atom stereocenters. The van der Waals surface area contributed by atoms with Gasteiger partial charge in [-0.05, 0) is 55.3 Å². The molecule has 0 spiro atoms. The number of hydrogen-bond donors (Lipinski definition) is 2. The summed E-state index contributed by atoms with van der Waals surface area (Å²) in [4.78, 5) is 19.2. The molecule has 2 N–H and O–H groups in total. The Balaban J connectivity index is 1.22. The predicted octanol–water partition coefficient (Wildman–Crippen LogP) is 6.30. The number of fused-ring (bicyclic) bond motifs is 1. The molecule has 1 fully saturated rings. The van der Waals surface area contributed by atoms with Gasteiger partial charge >= 0.3 is 6.03 Å². The normalized spacial score (nSPS) is 14.2. The van der Waals surface area contributed by atoms with Crippen LogP contribution in [0.2, 0.25) is 0 Å². The number of carbonyl (C=O) groups is 1. The van der Waals surface area contributed by atoms with E-state index in [1.807, 2.05) is 0 Å². The Bertz CT molecular complexity index is 1550. The van der Waals surface area contributed by atoms with Gasteiger partial charge in [0.2, 0.25) is 0 Å². The Kier molecular flexibility index (Phi) is 9.85. The average molecular weight is 593 g/mol. The lowest BCUT2D eigenvalue weighted by molar-refractivity contribution is 0.0357. The van der Waals surface area contributed by atoms with Gasteiger partial charge in [0.15, 0.2) is 23.1 Å². The first-order valence-electron chi connectivity index (χ1n) is 14.1. The molecule has 4 aromatic rings. The minimum Gasteiger partial charge on any atom is -0.493 e. The fourth-order valence-electron chi connectivity index (χ4n) is 4.76. The first kappa shape index (κ1) is 30.0. The number of aromatic nitrogens is 1. The summed E-state index contributed by atoms with van der Waals surface area (Å²) in [6.07, 6.45) is 2.43. The van der Waals surface area contributed by atoms with Crippen LogP contribution in [0, 0.1) is 11.6 Å². The lowest BCUT2D eigenvalue weighted by Crippen LogP contribution is -2.37. The number of morpholine rings is 1. The Morgan fingerprint density at radius 3 is 2.53 bits per heavy atom. The molecule has 1 saturated heterocycles. The molecule has 2 heterocycles. The van der Waals surface area contributed by atoms with Crippen molar-refractivity contribution in [3.05, 3.63) is 84.1 Å². The number of urea groups is 1. The zero-order valence-corrected chi connectivity index (χ0v) is 24.1. The number of methoxy groups -OCH3 is 1. The first-order chi connectivity index (χ1) is 20.9. The summed E-state index contributed by atoms with van der Waals surface area (Å²) in [7, 11) is 1.56. The van der Waals surface area contributed by atoms with E-state index in [4.69, 9.17) is 18.9 Å². The van der Waals surface area contributed by atoms with E-state index in [-0.39, 0.29) is 23.3 Å². The maximum absolute atomic E-state index is 15.1. The second-order valence-corrected chi connectivity index (χ2v) is 10.1. The Hall–Kier alpha value is -4.48. The zero-order valence-electron chi connectivity index (χ0n) is 24.1. The van der Waals surface area contributed by atoms with Crippen LogP contribution >= 0.6 is 0 Å². The Labute approximate surface area is 248 Å². The van der Waals surface area contributed by atoms with Gasteiger partial charge < -0.3 is 29.6 Å². The third kappa shape index (κ3) is 7.88. The third-order valence-electron chi connectivity index (χ3n) is 7.09. The number of rotatable bonds is 11. The highest BCUT2D eigenvalue weighted by molar-refractivity contribution is 5.90. The minimum absolute atomic E-state index is 0.0273. The number of halogens is 2. The van der Waals surface area contributed by atoms with Crippen LogP contribution < -0.4 is 24.8 Å². The minimum atomic E-state index is -0.665. The van der Waals surface area contributed by atoms with E-state index in [1.165, 1.54) is 30.3 Å². The maximum atomic E-state index is 15.1. The molecular weight excluding hydrogens is 558 g/mol. The molecule has 11 heteroatoms. The van der Waals surface area contributed by atoms with Crippen molar-refractivity contribution in [3.8, 4) is 23.0 Å². The fraction of sp³-hybridized carbons (Fsp3) is 0.312. The van der Waals surface area contributed by atoms with Crippen LogP contribution in [-0.2, 0) is 4.74 Å². The van der Waals surface area contributed by atoms with E-state index in [9.17, 15) is 9.18 Å². The van der Waals surface area contributed by atoms with E-state index in [0.29, 0.717) is 34.8 Å². The SMILES string of the molecule is COc1cc2c(Oc3ccc(NC(=O)NC(C)c4ccc(F)cc4)cc3F)ccnc2cc1OCCCN1CCOCC1. The maximum Gasteiger partial charge on any atom is 0.319 e. The third-order valence-corrected chi connectivity index (χ3v) is 7.09. The Morgan fingerprint density at radius 1 is 1.00 bits per heavy atom. The topological polar surface area (TPSA) is 94.2 Å². The van der Waals surface area contributed by atoms with Crippen molar-refractivity contribution >= 4 is 22.6 Å². The van der Waals surface area contributed by atoms with Gasteiger partial charge in [-0.1, -0.05) is 12.1 Å². The van der Waals surface area contributed by atoms with Crippen molar-refractivity contribution in [1.29, 1.82) is 0 Å². The summed E-state index contributed by atoms with van der Waals surface area (Å²) >= 11 is 0. The van der Waals surface area contributed by atoms with Gasteiger partial charge in [0.1, 0.15) is 11.6 Å². The van der Waals surface area contributed by atoms with Crippen LogP contribution in [0.3, 0.4) is 0 Å². The van der Waals surface area contributed by atoms with E-state index >= 15 is 4.39 Å². The number of nitrogens with one attached hydrogen (secondary N) is 2. The van der Waals surface area contributed by atoms with Gasteiger partial charge in [-0.2, -0.15) is 0 Å². The van der Waals surface area contributed by atoms with Crippen LogP contribution in [0.5, 0.6) is 23.0 Å². The molecule has 1 atom stereocenters. The smallest absolute Gasteiger partial charge is 0.319 e. The highest BCUT2D eigenvalue weighted by Gasteiger charge is 2.16. The van der Waals surface area contributed by atoms with E-state index in [1.54, 1.807) is 50.6 Å². The summed E-state index contributed by atoms with van der Waals surface area (Å²) in [5.41, 5.74) is 1.58. The number of amides is 2. The van der Waals surface area contributed by atoms with Crippen molar-refractivity contribution in [3.63, 3.8) is 0 Å². The zero-order chi connectivity index (χ0) is 30.2. The number of benzene rings is 3. The summed E-state index contributed by atoms with van der Waals surface area (Å²) < 4.78 is 51.2. The van der Waals surface area contributed by atoms with Crippen molar-refractivity contribution in [2.45, 2.75) is 19.4 Å². The molecule has 1 aromatic heterocycles. The first-order valence-corrected chi connectivity index (χ1v) is 14.1. The van der Waals surface area contributed by atoms with Gasteiger partial charge in [0, 0.05) is 49.0 Å². The molecular formula is C32H34F2N4O5. The summed E-state index contributed by atoms with van der Waals surface area (Å²) in [6.45, 7) is 6.59. The Morgan fingerprint density at radius 2 is 1.79 bits per heavy atom. The van der Waals surface area contributed by atoms with Crippen LogP contribution in [0.15, 0.2) is 66.9 Å². The monoisotopic (exact) mass is 592 g/mol. The van der Waals surface area contributed by atoms with Gasteiger partial charge in [-0.25, -0.2) is 13.6 Å². The number of carbonyl (C=O) groups excluding carboxylic acids is 1. The molecule has 0 bridgehead atoms. The predicted molar refractivity (Wildman–Crippen MR) is 159 cm³/mol. The molecule has 226 valence electrons. The quantitative estimate of drug-likeness (QED) is 0.198. The lowest BCUT2D eigenvalue weighted by atomic mass is 10.1. The molecule has 2 amide bonds. The van der Waals surface area contributed by atoms with Crippen LogP contribution in [-0.4, -0.2) is 62.5 Å². The van der Waals surface area contributed by atoms with Crippen molar-refractivity contribution < 1.29 is 32.5 Å². The van der Waals surface area contributed by atoms with Gasteiger partial charge in [0.25, 0.3) is 0 Å². The van der Waals surface area contributed by atoms with E-state index in [0.717, 1.165) is 44.8 Å². The fourth-order valence-corrected chi connectivity index (χ4v) is 4.76. The number of hydrogen-bond acceptors (Lipinski definition) is 7. The van der Waals surface area contributed by atoms with Gasteiger partial charge in [-0.15, -0.1) is 0 Å². The molecule has 9 nitrogen and oxygen atoms in total. The standard InChI is InChI=1S/C32H34F2N4O5/c1-21(22-4-6-23(33)7-5-22)36-32(39)37-24-8-9-29(26(34)18-24)43-28-10-11-35-27-20-31(30(40-2)19-25(27)28)42-15-3-12-38-13-16-41-17-14-38/h4-11,18-21H,3,12-17H2,1-2H3,(H2,36,37,39).